The first-order valence-corrected chi connectivity index (χ1v) is 9.42. The van der Waals surface area contributed by atoms with Crippen LogP contribution in [-0.4, -0.2) is 63.0 Å². The lowest BCUT2D eigenvalue weighted by molar-refractivity contribution is 0.0171. The first kappa shape index (κ1) is 19.3. The second kappa shape index (κ2) is 13.9. The molecule has 6 heteroatoms. The molecule has 5 nitrogen and oxygen atoms in total. The predicted molar refractivity (Wildman–Crippen MR) is 95.9 cm³/mol. The molecule has 1 aliphatic rings. The predicted octanol–water partition coefficient (Wildman–Crippen LogP) is 2.05. The van der Waals surface area contributed by atoms with Crippen LogP contribution < -0.4 is 10.6 Å². The van der Waals surface area contributed by atoms with Crippen molar-refractivity contribution in [3.8, 4) is 0 Å². The fraction of sp³-hybridized carbons (Fsp3) is 0.812. The fourth-order valence-corrected chi connectivity index (χ4v) is 2.68. The van der Waals surface area contributed by atoms with Crippen LogP contribution in [-0.2, 0) is 9.47 Å². The lowest BCUT2D eigenvalue weighted by Gasteiger charge is -2.11. The summed E-state index contributed by atoms with van der Waals surface area (Å²) in [5.41, 5.74) is 0. The molecule has 1 rings (SSSR count). The van der Waals surface area contributed by atoms with Gasteiger partial charge in [0.25, 0.3) is 0 Å². The number of rotatable bonds is 12. The van der Waals surface area contributed by atoms with E-state index in [0.29, 0.717) is 6.10 Å². The Bertz CT molecular complexity index is 308. The van der Waals surface area contributed by atoms with E-state index in [1.54, 1.807) is 0 Å². The lowest BCUT2D eigenvalue weighted by atomic mass is 10.2. The third kappa shape index (κ3) is 10.1. The van der Waals surface area contributed by atoms with E-state index in [0.717, 1.165) is 69.8 Å². The zero-order valence-electron chi connectivity index (χ0n) is 13.8. The molecular weight excluding hydrogens is 298 g/mol. The highest BCUT2D eigenvalue weighted by atomic mass is 32.2. The van der Waals surface area contributed by atoms with Gasteiger partial charge in [-0.3, -0.25) is 4.99 Å². The normalized spacial score (nSPS) is 18.4. The molecule has 2 N–H and O–H groups in total. The van der Waals surface area contributed by atoms with E-state index >= 15 is 0 Å². The molecule has 0 saturated carbocycles. The summed E-state index contributed by atoms with van der Waals surface area (Å²) in [5, 5.41) is 6.60. The Morgan fingerprint density at radius 1 is 1.50 bits per heavy atom. The largest absolute Gasteiger partial charge is 0.379 e. The Kier molecular flexibility index (Phi) is 12.2. The zero-order chi connectivity index (χ0) is 15.9. The molecule has 0 bridgehead atoms. The first-order chi connectivity index (χ1) is 10.9. The van der Waals surface area contributed by atoms with Crippen molar-refractivity contribution >= 4 is 17.7 Å². The molecule has 0 aliphatic carbocycles. The highest BCUT2D eigenvalue weighted by molar-refractivity contribution is 7.99. The van der Waals surface area contributed by atoms with E-state index in [9.17, 15) is 0 Å². The number of nitrogens with zero attached hydrogens (tertiary/aromatic N) is 1. The summed E-state index contributed by atoms with van der Waals surface area (Å²) in [6, 6.07) is 0. The molecule has 0 spiro atoms. The van der Waals surface area contributed by atoms with Crippen LogP contribution in [0.3, 0.4) is 0 Å². The maximum atomic E-state index is 5.64. The smallest absolute Gasteiger partial charge is 0.191 e. The quantitative estimate of drug-likeness (QED) is 0.248. The average molecular weight is 330 g/mol. The second-order valence-electron chi connectivity index (χ2n) is 5.11. The van der Waals surface area contributed by atoms with Gasteiger partial charge in [-0.15, -0.1) is 6.58 Å². The van der Waals surface area contributed by atoms with Crippen LogP contribution in [0.2, 0.25) is 0 Å². The molecule has 1 fully saturated rings. The minimum atomic E-state index is 0.315. The summed E-state index contributed by atoms with van der Waals surface area (Å²) in [4.78, 5) is 4.55. The zero-order valence-corrected chi connectivity index (χ0v) is 14.6. The van der Waals surface area contributed by atoms with Crippen LogP contribution in [0.25, 0.3) is 0 Å². The van der Waals surface area contributed by atoms with Gasteiger partial charge in [0, 0.05) is 44.4 Å². The number of ether oxygens (including phenoxy) is 2. The van der Waals surface area contributed by atoms with Crippen LogP contribution in [0.4, 0.5) is 0 Å². The highest BCUT2D eigenvalue weighted by Gasteiger charge is 2.14. The molecule has 0 radical (unpaired) electrons. The summed E-state index contributed by atoms with van der Waals surface area (Å²) < 4.78 is 11.2. The van der Waals surface area contributed by atoms with E-state index in [2.05, 4.69) is 29.1 Å². The molecule has 0 aromatic heterocycles. The number of nitrogens with one attached hydrogen (secondary N) is 2. The number of thioether (sulfide) groups is 1. The molecule has 22 heavy (non-hydrogen) atoms. The van der Waals surface area contributed by atoms with Gasteiger partial charge in [-0.25, -0.2) is 0 Å². The Hall–Kier alpha value is -0.720. The van der Waals surface area contributed by atoms with Crippen LogP contribution in [0, 0.1) is 0 Å². The van der Waals surface area contributed by atoms with E-state index in [-0.39, 0.29) is 0 Å². The number of guanidine groups is 1. The highest BCUT2D eigenvalue weighted by Crippen LogP contribution is 2.11. The Morgan fingerprint density at radius 2 is 2.41 bits per heavy atom. The van der Waals surface area contributed by atoms with Gasteiger partial charge in [0.05, 0.1) is 12.7 Å². The van der Waals surface area contributed by atoms with Gasteiger partial charge in [-0.2, -0.15) is 11.8 Å². The van der Waals surface area contributed by atoms with Crippen LogP contribution in [0.15, 0.2) is 17.6 Å². The van der Waals surface area contributed by atoms with Crippen LogP contribution in [0.1, 0.15) is 26.2 Å². The molecule has 0 amide bonds. The van der Waals surface area contributed by atoms with E-state index in [4.69, 9.17) is 9.47 Å². The molecule has 1 saturated heterocycles. The summed E-state index contributed by atoms with van der Waals surface area (Å²) in [6.07, 6.45) is 5.49. The van der Waals surface area contributed by atoms with Gasteiger partial charge in [-0.1, -0.05) is 6.08 Å². The maximum absolute atomic E-state index is 5.64. The minimum Gasteiger partial charge on any atom is -0.379 e. The lowest BCUT2D eigenvalue weighted by Crippen LogP contribution is -2.38. The molecule has 1 unspecified atom stereocenters. The Balaban J connectivity index is 2.03. The van der Waals surface area contributed by atoms with Gasteiger partial charge >= 0.3 is 0 Å². The third-order valence-electron chi connectivity index (χ3n) is 3.16. The summed E-state index contributed by atoms with van der Waals surface area (Å²) in [5.74, 6) is 2.94. The number of aliphatic imine (C=N–C) groups is 1. The van der Waals surface area contributed by atoms with Crippen molar-refractivity contribution in [3.05, 3.63) is 12.7 Å². The summed E-state index contributed by atoms with van der Waals surface area (Å²) in [6.45, 7) is 10.7. The van der Waals surface area contributed by atoms with Gasteiger partial charge in [0.1, 0.15) is 0 Å². The number of hydrogen-bond donors (Lipinski definition) is 2. The SMILES string of the molecule is C=CCSCCNC(=NCCCOCC1CCCO1)NCC. The van der Waals surface area contributed by atoms with E-state index < -0.39 is 0 Å². The first-order valence-electron chi connectivity index (χ1n) is 8.27. The topological polar surface area (TPSA) is 54.9 Å². The van der Waals surface area contributed by atoms with Crippen molar-refractivity contribution in [2.24, 2.45) is 4.99 Å². The maximum Gasteiger partial charge on any atom is 0.191 e. The second-order valence-corrected chi connectivity index (χ2v) is 6.26. The van der Waals surface area contributed by atoms with Crippen molar-refractivity contribution in [2.45, 2.75) is 32.3 Å². The van der Waals surface area contributed by atoms with Gasteiger partial charge in [0.15, 0.2) is 5.96 Å². The monoisotopic (exact) mass is 329 g/mol. The molecular formula is C16H31N3O2S. The molecule has 0 aromatic carbocycles. The molecule has 128 valence electrons. The average Bonchev–Trinajstić information content (AvgIpc) is 3.03. The van der Waals surface area contributed by atoms with Gasteiger partial charge < -0.3 is 20.1 Å². The molecule has 1 atom stereocenters. The van der Waals surface area contributed by atoms with E-state index in [1.165, 1.54) is 6.42 Å². The molecule has 1 heterocycles. The van der Waals surface area contributed by atoms with Crippen molar-refractivity contribution < 1.29 is 9.47 Å². The number of hydrogen-bond acceptors (Lipinski definition) is 4. The standard InChI is InChI=1S/C16H31N3O2S/c1-3-12-22-13-9-19-16(17-4-2)18-8-6-10-20-14-15-7-5-11-21-15/h3,15H,1,4-14H2,2H3,(H2,17,18,19). The summed E-state index contributed by atoms with van der Waals surface area (Å²) >= 11 is 1.87. The van der Waals surface area contributed by atoms with Crippen molar-refractivity contribution in [2.75, 3.05) is 51.0 Å². The third-order valence-corrected chi connectivity index (χ3v) is 4.13. The van der Waals surface area contributed by atoms with Crippen molar-refractivity contribution in [3.63, 3.8) is 0 Å². The molecule has 0 aromatic rings. The minimum absolute atomic E-state index is 0.315. The molecule has 1 aliphatic heterocycles. The van der Waals surface area contributed by atoms with Crippen LogP contribution >= 0.6 is 11.8 Å². The van der Waals surface area contributed by atoms with Crippen molar-refractivity contribution in [1.29, 1.82) is 0 Å². The van der Waals surface area contributed by atoms with E-state index in [1.807, 2.05) is 17.8 Å². The Labute approximate surface area is 139 Å². The van der Waals surface area contributed by atoms with Crippen LogP contribution in [0.5, 0.6) is 0 Å². The fourth-order valence-electron chi connectivity index (χ4n) is 2.10. The van der Waals surface area contributed by atoms with Gasteiger partial charge in [-0.05, 0) is 26.2 Å². The van der Waals surface area contributed by atoms with Gasteiger partial charge in [0.2, 0.25) is 0 Å². The van der Waals surface area contributed by atoms with Crippen molar-refractivity contribution in [1.82, 2.24) is 10.6 Å². The Morgan fingerprint density at radius 3 is 3.14 bits per heavy atom. The summed E-state index contributed by atoms with van der Waals surface area (Å²) in [7, 11) is 0.